The molecule has 1 aliphatic rings. The molecule has 1 aromatic carbocycles. The number of hydrogen-bond acceptors (Lipinski definition) is 1. The molecule has 2 rings (SSSR count). The highest BCUT2D eigenvalue weighted by molar-refractivity contribution is 6.23. The van der Waals surface area contributed by atoms with Crippen molar-refractivity contribution in [1.82, 2.24) is 4.90 Å². The third-order valence-corrected chi connectivity index (χ3v) is 2.51. The Bertz CT molecular complexity index is 520. The Kier molecular flexibility index (Phi) is 2.34. The molecular weight excluding hydrogens is 212 g/mol. The number of benzene rings is 1. The Morgan fingerprint density at radius 3 is 2.44 bits per heavy atom. The van der Waals surface area contributed by atoms with Gasteiger partial charge in [-0.3, -0.25) is 4.79 Å². The summed E-state index contributed by atoms with van der Waals surface area (Å²) in [5.41, 5.74) is 1.21. The van der Waals surface area contributed by atoms with Gasteiger partial charge in [-0.25, -0.2) is 8.78 Å². The van der Waals surface area contributed by atoms with Crippen LogP contribution in [0.1, 0.15) is 5.56 Å². The smallest absolute Gasteiger partial charge is 0.258 e. The molecule has 0 saturated carbocycles. The van der Waals surface area contributed by atoms with Crippen molar-refractivity contribution >= 4 is 11.5 Å². The molecule has 0 radical (unpaired) electrons. The highest BCUT2D eigenvalue weighted by Gasteiger charge is 2.25. The first-order chi connectivity index (χ1) is 7.50. The van der Waals surface area contributed by atoms with E-state index >= 15 is 0 Å². The molecule has 1 heterocycles. The van der Waals surface area contributed by atoms with Gasteiger partial charge in [0.15, 0.2) is 11.6 Å². The maximum atomic E-state index is 13.0. The third kappa shape index (κ3) is 1.52. The lowest BCUT2D eigenvalue weighted by atomic mass is 10.1. The van der Waals surface area contributed by atoms with Crippen molar-refractivity contribution in [2.75, 3.05) is 7.05 Å². The number of hydrogen-bond donors (Lipinski definition) is 0. The SMILES string of the molecule is C=C1C=C(c2ccc(F)c(F)c2)C(=O)N1C. The van der Waals surface area contributed by atoms with Crippen LogP contribution in [0.3, 0.4) is 0 Å². The summed E-state index contributed by atoms with van der Waals surface area (Å²) in [7, 11) is 1.58. The zero-order chi connectivity index (χ0) is 11.9. The predicted octanol–water partition coefficient (Wildman–Crippen LogP) is 2.33. The van der Waals surface area contributed by atoms with Crippen molar-refractivity contribution in [1.29, 1.82) is 0 Å². The number of amides is 1. The van der Waals surface area contributed by atoms with Crippen LogP contribution >= 0.6 is 0 Å². The molecule has 0 fully saturated rings. The van der Waals surface area contributed by atoms with Gasteiger partial charge in [-0.05, 0) is 23.8 Å². The minimum atomic E-state index is -0.966. The molecule has 1 amide bonds. The molecule has 1 aromatic rings. The van der Waals surface area contributed by atoms with Crippen molar-refractivity contribution < 1.29 is 13.6 Å². The monoisotopic (exact) mass is 221 g/mol. The van der Waals surface area contributed by atoms with Crippen LogP contribution in [-0.2, 0) is 4.79 Å². The maximum Gasteiger partial charge on any atom is 0.258 e. The molecule has 82 valence electrons. The van der Waals surface area contributed by atoms with E-state index in [4.69, 9.17) is 0 Å². The first-order valence-corrected chi connectivity index (χ1v) is 4.65. The fourth-order valence-corrected chi connectivity index (χ4v) is 1.51. The fourth-order valence-electron chi connectivity index (χ4n) is 1.51. The summed E-state index contributed by atoms with van der Waals surface area (Å²) in [6.45, 7) is 3.66. The Labute approximate surface area is 91.5 Å². The molecule has 16 heavy (non-hydrogen) atoms. The Balaban J connectivity index is 2.46. The number of carbonyl (C=O) groups is 1. The Hall–Kier alpha value is -1.97. The van der Waals surface area contributed by atoms with Crippen LogP contribution in [0.4, 0.5) is 8.78 Å². The zero-order valence-electron chi connectivity index (χ0n) is 8.63. The van der Waals surface area contributed by atoms with Gasteiger partial charge in [0.1, 0.15) is 0 Å². The highest BCUT2D eigenvalue weighted by atomic mass is 19.2. The molecule has 0 N–H and O–H groups in total. The number of carbonyl (C=O) groups excluding carboxylic acids is 1. The van der Waals surface area contributed by atoms with Gasteiger partial charge in [-0.1, -0.05) is 12.6 Å². The van der Waals surface area contributed by atoms with Crippen LogP contribution in [-0.4, -0.2) is 17.9 Å². The average Bonchev–Trinajstić information content (AvgIpc) is 2.50. The lowest BCUT2D eigenvalue weighted by Gasteiger charge is -2.09. The third-order valence-electron chi connectivity index (χ3n) is 2.51. The predicted molar refractivity (Wildman–Crippen MR) is 56.2 cm³/mol. The van der Waals surface area contributed by atoms with Crippen LogP contribution in [0, 0.1) is 11.6 Å². The second-order valence-corrected chi connectivity index (χ2v) is 3.54. The minimum Gasteiger partial charge on any atom is -0.312 e. The van der Waals surface area contributed by atoms with Crippen molar-refractivity contribution in [2.45, 2.75) is 0 Å². The lowest BCUT2D eigenvalue weighted by molar-refractivity contribution is -0.121. The molecule has 4 heteroatoms. The van der Waals surface area contributed by atoms with E-state index in [2.05, 4.69) is 6.58 Å². The zero-order valence-corrected chi connectivity index (χ0v) is 8.63. The summed E-state index contributed by atoms with van der Waals surface area (Å²) >= 11 is 0. The second-order valence-electron chi connectivity index (χ2n) is 3.54. The summed E-state index contributed by atoms with van der Waals surface area (Å²) in [4.78, 5) is 13.1. The number of likely N-dealkylation sites (N-methyl/N-ethyl adjacent to an activating group) is 1. The van der Waals surface area contributed by atoms with Crippen molar-refractivity contribution in [3.63, 3.8) is 0 Å². The number of halogens is 2. The molecular formula is C12H9F2NO. The van der Waals surface area contributed by atoms with E-state index in [0.29, 0.717) is 16.8 Å². The van der Waals surface area contributed by atoms with E-state index in [-0.39, 0.29) is 5.91 Å². The summed E-state index contributed by atoms with van der Waals surface area (Å²) in [5.74, 6) is -2.16. The number of nitrogens with zero attached hydrogens (tertiary/aromatic N) is 1. The van der Waals surface area contributed by atoms with Gasteiger partial charge >= 0.3 is 0 Å². The van der Waals surface area contributed by atoms with Gasteiger partial charge < -0.3 is 4.90 Å². The number of allylic oxidation sites excluding steroid dienone is 1. The second kappa shape index (κ2) is 3.56. The van der Waals surface area contributed by atoms with Gasteiger partial charge in [0.25, 0.3) is 5.91 Å². The summed E-state index contributed by atoms with van der Waals surface area (Å²) in [5, 5.41) is 0. The molecule has 2 nitrogen and oxygen atoms in total. The van der Waals surface area contributed by atoms with Crippen LogP contribution in [0.2, 0.25) is 0 Å². The standard InChI is InChI=1S/C12H9F2NO/c1-7-5-9(12(16)15(7)2)8-3-4-10(13)11(14)6-8/h3-6H,1H2,2H3. The summed E-state index contributed by atoms with van der Waals surface area (Å²) < 4.78 is 25.7. The average molecular weight is 221 g/mol. The van der Waals surface area contributed by atoms with E-state index < -0.39 is 11.6 Å². The fraction of sp³-hybridized carbons (Fsp3) is 0.0833. The molecule has 0 unspecified atom stereocenters. The van der Waals surface area contributed by atoms with E-state index in [1.165, 1.54) is 11.0 Å². The first-order valence-electron chi connectivity index (χ1n) is 4.65. The van der Waals surface area contributed by atoms with Crippen molar-refractivity contribution in [3.05, 3.63) is 53.7 Å². The molecule has 0 aliphatic carbocycles. The molecule has 0 aromatic heterocycles. The quantitative estimate of drug-likeness (QED) is 0.712. The van der Waals surface area contributed by atoms with E-state index in [0.717, 1.165) is 12.1 Å². The molecule has 0 bridgehead atoms. The normalized spacial score (nSPS) is 15.7. The number of rotatable bonds is 1. The van der Waals surface area contributed by atoms with E-state index in [9.17, 15) is 13.6 Å². The van der Waals surface area contributed by atoms with Crippen LogP contribution in [0.15, 0.2) is 36.6 Å². The first kappa shape index (κ1) is 10.5. The van der Waals surface area contributed by atoms with E-state index in [1.807, 2.05) is 0 Å². The van der Waals surface area contributed by atoms with E-state index in [1.54, 1.807) is 13.1 Å². The summed E-state index contributed by atoms with van der Waals surface area (Å²) in [6, 6.07) is 3.37. The van der Waals surface area contributed by atoms with Crippen molar-refractivity contribution in [2.24, 2.45) is 0 Å². The topological polar surface area (TPSA) is 20.3 Å². The Morgan fingerprint density at radius 1 is 1.25 bits per heavy atom. The van der Waals surface area contributed by atoms with Gasteiger partial charge in [0, 0.05) is 18.3 Å². The van der Waals surface area contributed by atoms with Crippen molar-refractivity contribution in [3.8, 4) is 0 Å². The van der Waals surface area contributed by atoms with Crippen LogP contribution < -0.4 is 0 Å². The van der Waals surface area contributed by atoms with Gasteiger partial charge in [-0.15, -0.1) is 0 Å². The molecule has 0 spiro atoms. The van der Waals surface area contributed by atoms with Gasteiger partial charge in [0.05, 0.1) is 0 Å². The maximum absolute atomic E-state index is 13.0. The van der Waals surface area contributed by atoms with Crippen LogP contribution in [0.25, 0.3) is 5.57 Å². The molecule has 1 aliphatic heterocycles. The highest BCUT2D eigenvalue weighted by Crippen LogP contribution is 2.27. The Morgan fingerprint density at radius 2 is 1.94 bits per heavy atom. The van der Waals surface area contributed by atoms with Gasteiger partial charge in [0.2, 0.25) is 0 Å². The largest absolute Gasteiger partial charge is 0.312 e. The summed E-state index contributed by atoms with van der Waals surface area (Å²) in [6.07, 6.45) is 1.55. The van der Waals surface area contributed by atoms with Gasteiger partial charge in [-0.2, -0.15) is 0 Å². The molecule has 0 saturated heterocycles. The van der Waals surface area contributed by atoms with Crippen LogP contribution in [0.5, 0.6) is 0 Å². The lowest BCUT2D eigenvalue weighted by Crippen LogP contribution is -2.19. The minimum absolute atomic E-state index is 0.268. The molecule has 0 atom stereocenters.